The second-order valence-corrected chi connectivity index (χ2v) is 5.74. The quantitative estimate of drug-likeness (QED) is 0.846. The maximum absolute atomic E-state index is 12.1. The molecule has 2 rings (SSSR count). The molecular weight excluding hydrogens is 296 g/mol. The van der Waals surface area contributed by atoms with E-state index in [-0.39, 0.29) is 18.7 Å². The molecule has 0 bridgehead atoms. The Morgan fingerprint density at radius 1 is 1.43 bits per heavy atom. The van der Waals surface area contributed by atoms with Crippen molar-refractivity contribution in [1.29, 1.82) is 0 Å². The molecule has 0 atom stereocenters. The fourth-order valence-electron chi connectivity index (χ4n) is 2.03. The second-order valence-electron chi connectivity index (χ2n) is 4.68. The number of carboxylic acid groups (broad SMARTS) is 1. The molecule has 8 nitrogen and oxygen atoms in total. The molecule has 116 valence electrons. The highest BCUT2D eigenvalue weighted by Gasteiger charge is 2.24. The van der Waals surface area contributed by atoms with Gasteiger partial charge in [-0.05, 0) is 19.3 Å². The third-order valence-corrected chi connectivity index (χ3v) is 4.14. The topological polar surface area (TPSA) is 105 Å². The van der Waals surface area contributed by atoms with E-state index in [2.05, 4.69) is 15.5 Å². The van der Waals surface area contributed by atoms with Gasteiger partial charge in [-0.3, -0.25) is 5.32 Å². The van der Waals surface area contributed by atoms with E-state index in [1.165, 1.54) is 11.3 Å². The Balaban J connectivity index is 1.76. The van der Waals surface area contributed by atoms with E-state index in [1.807, 2.05) is 6.92 Å². The van der Waals surface area contributed by atoms with E-state index < -0.39 is 5.97 Å². The highest BCUT2D eigenvalue weighted by atomic mass is 32.1. The SMILES string of the molecule is CCc1nnc(NC(=O)N2CCC(OCC(=O)O)CC2)s1. The molecule has 2 heterocycles. The van der Waals surface area contributed by atoms with Crippen molar-refractivity contribution in [3.05, 3.63) is 5.01 Å². The monoisotopic (exact) mass is 314 g/mol. The molecule has 2 amide bonds. The summed E-state index contributed by atoms with van der Waals surface area (Å²) >= 11 is 1.37. The first-order valence-electron chi connectivity index (χ1n) is 6.80. The molecule has 2 N–H and O–H groups in total. The zero-order chi connectivity index (χ0) is 15.2. The fraction of sp³-hybridized carbons (Fsp3) is 0.667. The maximum atomic E-state index is 12.1. The van der Waals surface area contributed by atoms with Gasteiger partial charge in [-0.25, -0.2) is 9.59 Å². The average molecular weight is 314 g/mol. The number of nitrogens with one attached hydrogen (secondary N) is 1. The minimum Gasteiger partial charge on any atom is -0.480 e. The van der Waals surface area contributed by atoms with Crippen LogP contribution < -0.4 is 5.32 Å². The van der Waals surface area contributed by atoms with Crippen LogP contribution in [0.5, 0.6) is 0 Å². The van der Waals surface area contributed by atoms with E-state index in [9.17, 15) is 9.59 Å². The van der Waals surface area contributed by atoms with Crippen LogP contribution in [-0.4, -0.2) is 58.0 Å². The minimum atomic E-state index is -0.974. The fourth-order valence-corrected chi connectivity index (χ4v) is 2.70. The van der Waals surface area contributed by atoms with E-state index >= 15 is 0 Å². The van der Waals surface area contributed by atoms with Gasteiger partial charge in [0, 0.05) is 13.1 Å². The Bertz CT molecular complexity index is 499. The van der Waals surface area contributed by atoms with Gasteiger partial charge in [-0.15, -0.1) is 10.2 Å². The van der Waals surface area contributed by atoms with Crippen LogP contribution >= 0.6 is 11.3 Å². The maximum Gasteiger partial charge on any atom is 0.329 e. The number of likely N-dealkylation sites (tertiary alicyclic amines) is 1. The normalized spacial score (nSPS) is 16.0. The van der Waals surface area contributed by atoms with Crippen molar-refractivity contribution in [3.63, 3.8) is 0 Å². The molecule has 0 unspecified atom stereocenters. The van der Waals surface area contributed by atoms with Crippen molar-refractivity contribution in [1.82, 2.24) is 15.1 Å². The number of aromatic nitrogens is 2. The first-order chi connectivity index (χ1) is 10.1. The number of urea groups is 1. The zero-order valence-corrected chi connectivity index (χ0v) is 12.6. The number of carbonyl (C=O) groups is 2. The largest absolute Gasteiger partial charge is 0.480 e. The first-order valence-corrected chi connectivity index (χ1v) is 7.61. The number of hydrogen-bond acceptors (Lipinski definition) is 6. The van der Waals surface area contributed by atoms with Gasteiger partial charge in [0.05, 0.1) is 6.10 Å². The Hall–Kier alpha value is -1.74. The third-order valence-electron chi connectivity index (χ3n) is 3.15. The summed E-state index contributed by atoms with van der Waals surface area (Å²) in [5.74, 6) is -0.974. The van der Waals surface area contributed by atoms with Crippen LogP contribution in [0.4, 0.5) is 9.93 Å². The van der Waals surface area contributed by atoms with Crippen molar-refractivity contribution in [2.75, 3.05) is 25.0 Å². The Morgan fingerprint density at radius 2 is 2.14 bits per heavy atom. The molecule has 21 heavy (non-hydrogen) atoms. The lowest BCUT2D eigenvalue weighted by atomic mass is 10.1. The standard InChI is InChI=1S/C12H18N4O4S/c1-2-9-14-15-11(21-9)13-12(19)16-5-3-8(4-6-16)20-7-10(17)18/h8H,2-7H2,1H3,(H,17,18)(H,13,15,19). The predicted molar refractivity (Wildman–Crippen MR) is 76.5 cm³/mol. The number of ether oxygens (including phenoxy) is 1. The smallest absolute Gasteiger partial charge is 0.329 e. The van der Waals surface area contributed by atoms with Crippen LogP contribution in [0.15, 0.2) is 0 Å². The van der Waals surface area contributed by atoms with Gasteiger partial charge >= 0.3 is 12.0 Å². The molecule has 1 aromatic rings. The summed E-state index contributed by atoms with van der Waals surface area (Å²) in [4.78, 5) is 24.2. The summed E-state index contributed by atoms with van der Waals surface area (Å²) in [6.07, 6.45) is 1.96. The molecule has 1 aliphatic heterocycles. The van der Waals surface area contributed by atoms with Crippen LogP contribution in [0, 0.1) is 0 Å². The highest BCUT2D eigenvalue weighted by molar-refractivity contribution is 7.15. The summed E-state index contributed by atoms with van der Waals surface area (Å²) in [6, 6.07) is -0.203. The summed E-state index contributed by atoms with van der Waals surface area (Å²) in [5.41, 5.74) is 0. The van der Waals surface area contributed by atoms with Crippen LogP contribution in [0.25, 0.3) is 0 Å². The molecule has 1 aromatic heterocycles. The first kappa shape index (κ1) is 15.6. The molecule has 0 radical (unpaired) electrons. The summed E-state index contributed by atoms with van der Waals surface area (Å²) < 4.78 is 5.23. The van der Waals surface area contributed by atoms with E-state index in [0.717, 1.165) is 11.4 Å². The van der Waals surface area contributed by atoms with Gasteiger partial charge in [-0.1, -0.05) is 18.3 Å². The van der Waals surface area contributed by atoms with Crippen LogP contribution in [0.1, 0.15) is 24.8 Å². The molecule has 1 saturated heterocycles. The summed E-state index contributed by atoms with van der Waals surface area (Å²) in [6.45, 7) is 2.76. The van der Waals surface area contributed by atoms with Gasteiger partial charge in [0.2, 0.25) is 5.13 Å². The third kappa shape index (κ3) is 4.64. The lowest BCUT2D eigenvalue weighted by Crippen LogP contribution is -2.43. The van der Waals surface area contributed by atoms with Gasteiger partial charge in [0.15, 0.2) is 0 Å². The number of hydrogen-bond donors (Lipinski definition) is 2. The molecular formula is C12H18N4O4S. The van der Waals surface area contributed by atoms with Gasteiger partial charge in [0.25, 0.3) is 0 Å². The number of piperidine rings is 1. The number of carbonyl (C=O) groups excluding carboxylic acids is 1. The molecule has 0 saturated carbocycles. The summed E-state index contributed by atoms with van der Waals surface area (Å²) in [7, 11) is 0. The predicted octanol–water partition coefficient (Wildman–Crippen LogP) is 1.20. The van der Waals surface area contributed by atoms with Crippen molar-refractivity contribution < 1.29 is 19.4 Å². The van der Waals surface area contributed by atoms with Crippen LogP contribution in [0.2, 0.25) is 0 Å². The number of carboxylic acids is 1. The van der Waals surface area contributed by atoms with Crippen LogP contribution in [-0.2, 0) is 16.0 Å². The van der Waals surface area contributed by atoms with Gasteiger partial charge in [0.1, 0.15) is 11.6 Å². The summed E-state index contributed by atoms with van der Waals surface area (Å²) in [5, 5.41) is 20.5. The number of rotatable bonds is 5. The van der Waals surface area contributed by atoms with Crippen molar-refractivity contribution in [3.8, 4) is 0 Å². The van der Waals surface area contributed by atoms with E-state index in [0.29, 0.717) is 31.1 Å². The molecule has 9 heteroatoms. The van der Waals surface area contributed by atoms with Gasteiger partial charge in [-0.2, -0.15) is 0 Å². The number of anilines is 1. The zero-order valence-electron chi connectivity index (χ0n) is 11.7. The minimum absolute atomic E-state index is 0.0987. The number of aryl methyl sites for hydroxylation is 1. The highest BCUT2D eigenvalue weighted by Crippen LogP contribution is 2.18. The lowest BCUT2D eigenvalue weighted by molar-refractivity contribution is -0.145. The second kappa shape index (κ2) is 7.32. The van der Waals surface area contributed by atoms with E-state index in [1.54, 1.807) is 4.90 Å². The molecule has 1 fully saturated rings. The molecule has 0 aromatic carbocycles. The van der Waals surface area contributed by atoms with E-state index in [4.69, 9.17) is 9.84 Å². The van der Waals surface area contributed by atoms with Crippen molar-refractivity contribution in [2.45, 2.75) is 32.3 Å². The Kier molecular flexibility index (Phi) is 5.45. The van der Waals surface area contributed by atoms with Crippen molar-refractivity contribution in [2.24, 2.45) is 0 Å². The molecule has 0 aliphatic carbocycles. The number of amides is 2. The molecule has 1 aliphatic rings. The van der Waals surface area contributed by atoms with Crippen molar-refractivity contribution >= 4 is 28.5 Å². The Morgan fingerprint density at radius 3 is 2.71 bits per heavy atom. The van der Waals surface area contributed by atoms with Gasteiger partial charge < -0.3 is 14.7 Å². The number of nitrogens with zero attached hydrogens (tertiary/aromatic N) is 3. The average Bonchev–Trinajstić information content (AvgIpc) is 2.93. The number of aliphatic carboxylic acids is 1. The lowest BCUT2D eigenvalue weighted by Gasteiger charge is -2.31. The van der Waals surface area contributed by atoms with Crippen LogP contribution in [0.3, 0.4) is 0 Å². The molecule has 0 spiro atoms. The Labute approximate surface area is 126 Å².